The fourth-order valence-corrected chi connectivity index (χ4v) is 12.5. The zero-order valence-corrected chi connectivity index (χ0v) is 40.8. The van der Waals surface area contributed by atoms with Crippen molar-refractivity contribution < 1.29 is 53.4 Å². The Morgan fingerprint density at radius 1 is 0.776 bits per heavy atom. The van der Waals surface area contributed by atoms with Crippen LogP contribution < -0.4 is 9.62 Å². The van der Waals surface area contributed by atoms with E-state index in [9.17, 15) is 48.8 Å². The summed E-state index contributed by atoms with van der Waals surface area (Å²) >= 11 is 0. The van der Waals surface area contributed by atoms with E-state index < -0.39 is 47.3 Å². The van der Waals surface area contributed by atoms with E-state index in [2.05, 4.69) is 77.5 Å². The van der Waals surface area contributed by atoms with Crippen molar-refractivity contribution in [1.82, 2.24) is 0 Å². The predicted octanol–water partition coefficient (Wildman–Crippen LogP) is 9.21. The van der Waals surface area contributed by atoms with Crippen LogP contribution in [-0.2, 0) is 41.4 Å². The van der Waals surface area contributed by atoms with Gasteiger partial charge in [0.05, 0.1) is 28.2 Å². The Bertz CT molecular complexity index is 3140. The Labute approximate surface area is 393 Å². The number of hydrogen-bond acceptors (Lipinski definition) is 8. The van der Waals surface area contributed by atoms with Crippen LogP contribution in [0.4, 0.5) is 17.1 Å². The van der Waals surface area contributed by atoms with Gasteiger partial charge in [0.2, 0.25) is 5.69 Å². The molecule has 5 aliphatic rings. The maximum atomic E-state index is 12.5. The van der Waals surface area contributed by atoms with Crippen molar-refractivity contribution in [3.8, 4) is 0 Å². The van der Waals surface area contributed by atoms with E-state index in [4.69, 9.17) is 0 Å². The van der Waals surface area contributed by atoms with Crippen molar-refractivity contribution in [1.29, 1.82) is 0 Å². The monoisotopic (exact) mass is 972 g/mol. The first-order valence-electron chi connectivity index (χ1n) is 22.6. The zero-order chi connectivity index (χ0) is 48.4. The molecule has 5 N–H and O–H groups in total. The average Bonchev–Trinajstić information content (AvgIpc) is 3.76. The quantitative estimate of drug-likeness (QED) is 0.0516. The molecule has 1 atom stereocenters. The van der Waals surface area contributed by atoms with E-state index in [1.54, 1.807) is 30.3 Å². The minimum Gasteiger partial charge on any atom is -0.478 e. The number of aryl methyl sites for hydroxylation is 1. The molecule has 67 heavy (non-hydrogen) atoms. The number of benzene rings is 3. The summed E-state index contributed by atoms with van der Waals surface area (Å²) in [5, 5.41) is 10.2. The number of anilines is 2. The number of carbonyl (C=O) groups is 1. The summed E-state index contributed by atoms with van der Waals surface area (Å²) in [6, 6.07) is 16.8. The minimum absolute atomic E-state index is 0.188. The van der Waals surface area contributed by atoms with Gasteiger partial charge in [-0.25, -0.2) is 4.79 Å². The smallest absolute Gasteiger partial charge is 0.357 e. The van der Waals surface area contributed by atoms with Gasteiger partial charge in [-0.3, -0.25) is 18.4 Å². The third kappa shape index (κ3) is 9.77. The molecule has 8 rings (SSSR count). The second-order valence-electron chi connectivity index (χ2n) is 19.4. The van der Waals surface area contributed by atoms with Gasteiger partial charge in [-0.1, -0.05) is 43.7 Å². The lowest BCUT2D eigenvalue weighted by molar-refractivity contribution is -0.438. The molecule has 1 unspecified atom stereocenters. The number of rotatable bonds is 16. The molecule has 0 saturated heterocycles. The lowest BCUT2D eigenvalue weighted by Crippen LogP contribution is -2.28. The molecule has 2 heterocycles. The van der Waals surface area contributed by atoms with Gasteiger partial charge in [0.1, 0.15) is 6.54 Å². The Kier molecular flexibility index (Phi) is 12.8. The molecule has 3 aromatic carbocycles. The standard InChI is InChI=1S/C50H57N3O11S3/c1-31-10-20-41-39(28-31)49(2,3)43(52(41)24-6-8-26-65(56,57)58)23-17-33-12-14-34-13-11-32(45-37-19-15-35(48(54)55)29-38(37)46(33)47(34)45)16-22-44-50(4,5)40-30-36(51-67(62,63)64)18-21-42(40)53(44)25-7-9-27-66(59,60)61/h10,15-23,28-30,34,51H,6-9,11-14,24-27H2,1-5H3,(H3-,54,55,56,57,58,59,60,61,62,63,64)/p+1. The lowest BCUT2D eigenvalue weighted by Gasteiger charge is -2.32. The van der Waals surface area contributed by atoms with Gasteiger partial charge >= 0.3 is 16.3 Å². The molecule has 0 fully saturated rings. The third-order valence-corrected chi connectivity index (χ3v) is 16.2. The molecule has 0 saturated carbocycles. The van der Waals surface area contributed by atoms with E-state index >= 15 is 0 Å². The van der Waals surface area contributed by atoms with Crippen molar-refractivity contribution in [3.05, 3.63) is 135 Å². The summed E-state index contributed by atoms with van der Waals surface area (Å²) in [7, 11) is -12.8. The number of carboxylic acids is 1. The van der Waals surface area contributed by atoms with Crippen LogP contribution in [0.1, 0.15) is 117 Å². The molecule has 0 radical (unpaired) electrons. The Morgan fingerprint density at radius 2 is 1.48 bits per heavy atom. The van der Waals surface area contributed by atoms with Crippen molar-refractivity contribution in [2.75, 3.05) is 34.2 Å². The van der Waals surface area contributed by atoms with Gasteiger partial charge in [-0.15, -0.1) is 0 Å². The van der Waals surface area contributed by atoms with Gasteiger partial charge in [-0.05, 0) is 159 Å². The van der Waals surface area contributed by atoms with Crippen LogP contribution in [0.2, 0.25) is 0 Å². The molecule has 0 aromatic heterocycles. The summed E-state index contributed by atoms with van der Waals surface area (Å²) < 4.78 is 103. The summed E-state index contributed by atoms with van der Waals surface area (Å²) in [5.41, 5.74) is 13.6. The molecule has 3 aliphatic carbocycles. The normalized spacial score (nSPS) is 20.8. The number of fused-ring (bicyclic) bond motifs is 5. The Morgan fingerprint density at radius 3 is 2.16 bits per heavy atom. The van der Waals surface area contributed by atoms with Gasteiger partial charge in [0, 0.05) is 47.5 Å². The first-order valence-corrected chi connectivity index (χ1v) is 27.3. The number of aromatic carboxylic acids is 1. The average molecular weight is 973 g/mol. The zero-order valence-electron chi connectivity index (χ0n) is 38.3. The van der Waals surface area contributed by atoms with Crippen LogP contribution in [0, 0.1) is 12.8 Å². The van der Waals surface area contributed by atoms with Crippen molar-refractivity contribution in [2.24, 2.45) is 5.92 Å². The topological polar surface area (TPSA) is 219 Å². The Hall–Kier alpha value is -5.17. The lowest BCUT2D eigenvalue weighted by atomic mass is 9.72. The summed E-state index contributed by atoms with van der Waals surface area (Å²) in [6.45, 7) is 11.4. The molecule has 14 nitrogen and oxygen atoms in total. The molecule has 0 bridgehead atoms. The molecule has 0 spiro atoms. The van der Waals surface area contributed by atoms with Crippen LogP contribution in [-0.4, -0.2) is 84.9 Å². The third-order valence-electron chi connectivity index (χ3n) is 14.1. The van der Waals surface area contributed by atoms with Crippen LogP contribution in [0.5, 0.6) is 0 Å². The number of unbranched alkanes of at least 4 members (excludes halogenated alkanes) is 2. The van der Waals surface area contributed by atoms with Crippen molar-refractivity contribution >= 4 is 70.4 Å². The van der Waals surface area contributed by atoms with Gasteiger partial charge in [0.25, 0.3) is 20.2 Å². The van der Waals surface area contributed by atoms with Gasteiger partial charge < -0.3 is 10.0 Å². The second kappa shape index (κ2) is 17.7. The van der Waals surface area contributed by atoms with Crippen LogP contribution in [0.3, 0.4) is 0 Å². The van der Waals surface area contributed by atoms with E-state index in [-0.39, 0.29) is 35.1 Å². The highest BCUT2D eigenvalue weighted by Gasteiger charge is 2.45. The molecule has 356 valence electrons. The van der Waals surface area contributed by atoms with Gasteiger partial charge in [0.15, 0.2) is 5.71 Å². The maximum Gasteiger partial charge on any atom is 0.357 e. The molecular formula is C50H58N3O11S3+. The summed E-state index contributed by atoms with van der Waals surface area (Å²) in [6.07, 6.45) is 13.4. The van der Waals surface area contributed by atoms with E-state index in [1.807, 2.05) is 19.9 Å². The molecule has 0 amide bonds. The Balaban J connectivity index is 1.23. The van der Waals surface area contributed by atoms with E-state index in [1.165, 1.54) is 11.1 Å². The number of carboxylic acid groups (broad SMARTS) is 1. The van der Waals surface area contributed by atoms with E-state index in [0.29, 0.717) is 32.4 Å². The minimum atomic E-state index is -4.54. The maximum absolute atomic E-state index is 12.5. The molecular weight excluding hydrogens is 915 g/mol. The summed E-state index contributed by atoms with van der Waals surface area (Å²) in [4.78, 5) is 14.6. The van der Waals surface area contributed by atoms with Crippen molar-refractivity contribution in [2.45, 2.75) is 96.8 Å². The fourth-order valence-electron chi connectivity index (χ4n) is 10.9. The predicted molar refractivity (Wildman–Crippen MR) is 262 cm³/mol. The number of nitrogens with zero attached hydrogens (tertiary/aromatic N) is 2. The van der Waals surface area contributed by atoms with Crippen molar-refractivity contribution in [3.63, 3.8) is 0 Å². The second-order valence-corrected chi connectivity index (χ2v) is 23.7. The fraction of sp³-hybridized carbons (Fsp3) is 0.400. The SMILES string of the molecule is Cc1ccc2c(c1)C(C)(C)C(C=CC1=C3C4=C(C(=CC=C5N(CCCCS(=O)(=O)O)c6ccc(NS(=O)(=O)O)cc6C5(C)C)CCC4CC1)c1ccc(C(=O)O)cc13)=[N+]2CCCCS(=O)(=O)O. The molecule has 3 aromatic rings. The van der Waals surface area contributed by atoms with E-state index in [0.717, 1.165) is 93.0 Å². The first-order chi connectivity index (χ1) is 31.3. The van der Waals surface area contributed by atoms with Gasteiger partial charge in [-0.2, -0.15) is 29.8 Å². The molecule has 17 heteroatoms. The number of hydrogen-bond donors (Lipinski definition) is 5. The number of allylic oxidation sites excluding steroid dienone is 10. The largest absolute Gasteiger partial charge is 0.478 e. The molecule has 2 aliphatic heterocycles. The highest BCUT2D eigenvalue weighted by molar-refractivity contribution is 7.87. The van der Waals surface area contributed by atoms with Crippen LogP contribution >= 0.6 is 0 Å². The van der Waals surface area contributed by atoms with Crippen LogP contribution in [0.15, 0.2) is 101 Å². The first kappa shape index (κ1) is 48.3. The van der Waals surface area contributed by atoms with Crippen LogP contribution in [0.25, 0.3) is 11.1 Å². The highest BCUT2D eigenvalue weighted by atomic mass is 32.2. The number of nitrogens with one attached hydrogen (secondary N) is 1. The highest BCUT2D eigenvalue weighted by Crippen LogP contribution is 2.58. The summed E-state index contributed by atoms with van der Waals surface area (Å²) in [5.74, 6) is -1.46.